The average molecular weight is 262 g/mol. The fourth-order valence-corrected chi connectivity index (χ4v) is 2.16. The first-order valence-corrected chi connectivity index (χ1v) is 6.17. The largest absolute Gasteiger partial charge is 0.285 e. The zero-order valence-corrected chi connectivity index (χ0v) is 10.5. The van der Waals surface area contributed by atoms with Crippen molar-refractivity contribution in [2.24, 2.45) is 0 Å². The topological polar surface area (TPSA) is 51.2 Å². The molecular weight excluding hydrogens is 252 g/mol. The van der Waals surface area contributed by atoms with Gasteiger partial charge in [0, 0.05) is 10.8 Å². The van der Waals surface area contributed by atoms with Crippen molar-refractivity contribution in [3.8, 4) is 0 Å². The number of benzene rings is 2. The van der Waals surface area contributed by atoms with Crippen LogP contribution in [0.2, 0.25) is 0 Å². The first kappa shape index (κ1) is 12.2. The lowest BCUT2D eigenvalue weighted by Crippen LogP contribution is -2.29. The lowest BCUT2D eigenvalue weighted by molar-refractivity contribution is 1.56. The molecule has 3 rings (SSSR count). The van der Waals surface area contributed by atoms with E-state index in [9.17, 15) is 14.4 Å². The minimum Gasteiger partial charge on any atom is -0.285 e. The van der Waals surface area contributed by atoms with Gasteiger partial charge in [-0.05, 0) is 23.3 Å². The molecule has 0 fully saturated rings. The van der Waals surface area contributed by atoms with Gasteiger partial charge in [-0.2, -0.15) is 0 Å². The van der Waals surface area contributed by atoms with Crippen LogP contribution < -0.4 is 16.3 Å². The van der Waals surface area contributed by atoms with E-state index in [0.717, 1.165) is 11.1 Å². The van der Waals surface area contributed by atoms with Gasteiger partial charge in [-0.1, -0.05) is 48.6 Å². The van der Waals surface area contributed by atoms with Crippen molar-refractivity contribution < 1.29 is 0 Å². The maximum Gasteiger partial charge on any atom is 0.273 e. The second-order valence-electron chi connectivity index (χ2n) is 4.54. The van der Waals surface area contributed by atoms with Crippen LogP contribution in [-0.4, -0.2) is 0 Å². The van der Waals surface area contributed by atoms with E-state index < -0.39 is 16.3 Å². The van der Waals surface area contributed by atoms with E-state index >= 15 is 0 Å². The Morgan fingerprint density at radius 3 is 2.00 bits per heavy atom. The quantitative estimate of drug-likeness (QED) is 0.524. The van der Waals surface area contributed by atoms with Crippen LogP contribution in [0.4, 0.5) is 0 Å². The maximum absolute atomic E-state index is 11.6. The third-order valence-electron chi connectivity index (χ3n) is 3.21. The summed E-state index contributed by atoms with van der Waals surface area (Å²) in [6.07, 6.45) is 3.75. The average Bonchev–Trinajstić information content (AvgIpc) is 2.71. The van der Waals surface area contributed by atoms with E-state index in [2.05, 4.69) is 0 Å². The maximum atomic E-state index is 11.6. The lowest BCUT2D eigenvalue weighted by atomic mass is 10.1. The monoisotopic (exact) mass is 262 g/mol. The molecule has 0 unspecified atom stereocenters. The fourth-order valence-electron chi connectivity index (χ4n) is 2.16. The minimum absolute atomic E-state index is 0.204. The predicted octanol–water partition coefficient (Wildman–Crippen LogP) is 1.97. The molecule has 20 heavy (non-hydrogen) atoms. The van der Waals surface area contributed by atoms with Gasteiger partial charge in [-0.15, -0.1) is 0 Å². The van der Waals surface area contributed by atoms with Gasteiger partial charge in [0.2, 0.25) is 10.9 Å². The molecule has 0 spiro atoms. The summed E-state index contributed by atoms with van der Waals surface area (Å²) in [6.45, 7) is 0. The van der Waals surface area contributed by atoms with E-state index in [-0.39, 0.29) is 10.8 Å². The second-order valence-corrected chi connectivity index (χ2v) is 4.54. The van der Waals surface area contributed by atoms with E-state index in [4.69, 9.17) is 0 Å². The highest BCUT2D eigenvalue weighted by Crippen LogP contribution is 2.12. The highest BCUT2D eigenvalue weighted by molar-refractivity contribution is 5.86. The van der Waals surface area contributed by atoms with Crippen molar-refractivity contribution in [2.75, 3.05) is 0 Å². The van der Waals surface area contributed by atoms with Crippen molar-refractivity contribution in [1.82, 2.24) is 0 Å². The molecule has 0 saturated carbocycles. The van der Waals surface area contributed by atoms with E-state index in [0.29, 0.717) is 0 Å². The molecule has 0 saturated heterocycles. The fraction of sp³-hybridized carbons (Fsp3) is 0. The molecule has 0 N–H and O–H groups in total. The van der Waals surface area contributed by atoms with Crippen molar-refractivity contribution in [3.63, 3.8) is 0 Å². The van der Waals surface area contributed by atoms with Crippen LogP contribution in [-0.2, 0) is 0 Å². The van der Waals surface area contributed by atoms with Crippen molar-refractivity contribution in [3.05, 3.63) is 90.3 Å². The summed E-state index contributed by atoms with van der Waals surface area (Å²) < 4.78 is 0. The van der Waals surface area contributed by atoms with Crippen LogP contribution in [0.25, 0.3) is 22.9 Å². The zero-order chi connectivity index (χ0) is 14.1. The lowest BCUT2D eigenvalue weighted by Gasteiger charge is -1.94. The van der Waals surface area contributed by atoms with E-state index in [1.807, 2.05) is 42.5 Å². The molecule has 0 aliphatic rings. The van der Waals surface area contributed by atoms with Crippen LogP contribution in [0.15, 0.2) is 62.9 Å². The Bertz CT molecular complexity index is 944. The third kappa shape index (κ3) is 1.99. The molecule has 96 valence electrons. The number of hydrogen-bond donors (Lipinski definition) is 0. The minimum atomic E-state index is -0.941. The zero-order valence-electron chi connectivity index (χ0n) is 10.5. The van der Waals surface area contributed by atoms with Crippen LogP contribution >= 0.6 is 0 Å². The van der Waals surface area contributed by atoms with Gasteiger partial charge in [0.15, 0.2) is 0 Å². The molecule has 3 nitrogen and oxygen atoms in total. The highest BCUT2D eigenvalue weighted by Gasteiger charge is 2.11. The summed E-state index contributed by atoms with van der Waals surface area (Å²) in [6, 6.07) is 14.6. The standard InChI is InChI=1S/C17H10O3/c18-15-13-9-8-12(10-14(13)16(19)17(15)20)7-6-11-4-2-1-3-5-11/h1-10H/b7-6+. The Morgan fingerprint density at radius 2 is 1.25 bits per heavy atom. The number of rotatable bonds is 2. The van der Waals surface area contributed by atoms with Crippen LogP contribution in [0.1, 0.15) is 11.1 Å². The molecule has 3 aromatic rings. The van der Waals surface area contributed by atoms with Crippen molar-refractivity contribution >= 4 is 22.9 Å². The molecule has 0 aliphatic carbocycles. The first-order valence-electron chi connectivity index (χ1n) is 6.17. The number of fused-ring (bicyclic) bond motifs is 1. The van der Waals surface area contributed by atoms with Gasteiger partial charge in [0.05, 0.1) is 0 Å². The van der Waals surface area contributed by atoms with Crippen molar-refractivity contribution in [2.45, 2.75) is 0 Å². The van der Waals surface area contributed by atoms with Gasteiger partial charge in [0.25, 0.3) is 5.43 Å². The summed E-state index contributed by atoms with van der Waals surface area (Å²) in [7, 11) is 0. The van der Waals surface area contributed by atoms with Gasteiger partial charge < -0.3 is 0 Å². The molecule has 0 aromatic heterocycles. The molecule has 0 amide bonds. The summed E-state index contributed by atoms with van der Waals surface area (Å²) in [5.41, 5.74) is -0.539. The molecule has 0 bridgehead atoms. The van der Waals surface area contributed by atoms with Gasteiger partial charge in [-0.3, -0.25) is 14.4 Å². The summed E-state index contributed by atoms with van der Waals surface area (Å²) in [5, 5.41) is 0.409. The van der Waals surface area contributed by atoms with Crippen molar-refractivity contribution in [1.29, 1.82) is 0 Å². The smallest absolute Gasteiger partial charge is 0.273 e. The molecule has 0 radical (unpaired) electrons. The Balaban J connectivity index is 2.09. The molecule has 0 atom stereocenters. The normalized spacial score (nSPS) is 11.4. The van der Waals surface area contributed by atoms with Gasteiger partial charge in [0.1, 0.15) is 0 Å². The highest BCUT2D eigenvalue weighted by atomic mass is 16.2. The molecule has 0 aliphatic heterocycles. The van der Waals surface area contributed by atoms with E-state index in [1.54, 1.807) is 12.1 Å². The van der Waals surface area contributed by atoms with Gasteiger partial charge in [-0.25, -0.2) is 0 Å². The SMILES string of the molecule is O=c1c(=O)c2ccc(/C=C/c3ccccc3)cc2c1=O. The Hall–Kier alpha value is -2.81. The van der Waals surface area contributed by atoms with Crippen LogP contribution in [0, 0.1) is 0 Å². The second kappa shape index (κ2) is 4.70. The Labute approximate surface area is 114 Å². The number of hydrogen-bond acceptors (Lipinski definition) is 3. The van der Waals surface area contributed by atoms with E-state index in [1.165, 1.54) is 6.07 Å². The predicted molar refractivity (Wildman–Crippen MR) is 80.5 cm³/mol. The molecule has 3 aromatic carbocycles. The Morgan fingerprint density at radius 1 is 0.600 bits per heavy atom. The Kier molecular flexibility index (Phi) is 2.88. The van der Waals surface area contributed by atoms with Crippen LogP contribution in [0.3, 0.4) is 0 Å². The molecular formula is C17H10O3. The molecule has 0 heterocycles. The van der Waals surface area contributed by atoms with Crippen LogP contribution in [0.5, 0.6) is 0 Å². The summed E-state index contributed by atoms with van der Waals surface area (Å²) in [4.78, 5) is 34.5. The third-order valence-corrected chi connectivity index (χ3v) is 3.21. The summed E-state index contributed by atoms with van der Waals surface area (Å²) >= 11 is 0. The molecule has 3 heteroatoms. The summed E-state index contributed by atoms with van der Waals surface area (Å²) in [5.74, 6) is 0. The van der Waals surface area contributed by atoms with Gasteiger partial charge >= 0.3 is 0 Å². The first-order chi connectivity index (χ1) is 9.66.